The second kappa shape index (κ2) is 9.23. The molecule has 0 aliphatic rings. The zero-order chi connectivity index (χ0) is 19.3. The fourth-order valence-corrected chi connectivity index (χ4v) is 2.48. The van der Waals surface area contributed by atoms with Gasteiger partial charge in [0, 0.05) is 18.4 Å². The topological polar surface area (TPSA) is 54.0 Å². The monoisotopic (exact) mass is 407 g/mol. The average molecular weight is 408 g/mol. The molecule has 0 atom stereocenters. The van der Waals surface area contributed by atoms with Gasteiger partial charge in [-0.3, -0.25) is 4.79 Å². The van der Waals surface area contributed by atoms with Crippen LogP contribution in [-0.4, -0.2) is 10.9 Å². The van der Waals surface area contributed by atoms with Crippen molar-refractivity contribution in [3.8, 4) is 0 Å². The van der Waals surface area contributed by atoms with E-state index in [1.165, 1.54) is 18.3 Å². The number of halogens is 4. The van der Waals surface area contributed by atoms with Gasteiger partial charge in [0.05, 0.1) is 11.1 Å². The maximum Gasteiger partial charge on any atom is 0.416 e. The van der Waals surface area contributed by atoms with Crippen molar-refractivity contribution in [3.05, 3.63) is 89.6 Å². The zero-order valence-corrected chi connectivity index (χ0v) is 15.3. The van der Waals surface area contributed by atoms with Gasteiger partial charge in [-0.2, -0.15) is 13.2 Å². The Bertz CT molecular complexity index is 933. The number of rotatable bonds is 5. The Morgan fingerprint density at radius 3 is 2.43 bits per heavy atom. The van der Waals surface area contributed by atoms with Crippen molar-refractivity contribution in [1.29, 1.82) is 0 Å². The molecule has 0 aliphatic carbocycles. The number of carbonyl (C=O) groups is 1. The van der Waals surface area contributed by atoms with E-state index in [0.29, 0.717) is 12.4 Å². The highest BCUT2D eigenvalue weighted by Crippen LogP contribution is 2.30. The molecule has 1 heterocycles. The lowest BCUT2D eigenvalue weighted by molar-refractivity contribution is -0.137. The lowest BCUT2D eigenvalue weighted by Crippen LogP contribution is -2.16. The molecule has 0 spiro atoms. The predicted octanol–water partition coefficient (Wildman–Crippen LogP) is 5.39. The third-order valence-corrected chi connectivity index (χ3v) is 3.80. The van der Waals surface area contributed by atoms with Crippen LogP contribution in [0.1, 0.15) is 21.5 Å². The van der Waals surface area contributed by atoms with Gasteiger partial charge in [0.1, 0.15) is 5.82 Å². The minimum absolute atomic E-state index is 0. The van der Waals surface area contributed by atoms with Gasteiger partial charge in [-0.15, -0.1) is 12.4 Å². The lowest BCUT2D eigenvalue weighted by atomic mass is 10.1. The third-order valence-electron chi connectivity index (χ3n) is 3.80. The van der Waals surface area contributed by atoms with Gasteiger partial charge in [-0.25, -0.2) is 4.98 Å². The number of alkyl halides is 3. The first-order chi connectivity index (χ1) is 12.9. The van der Waals surface area contributed by atoms with Gasteiger partial charge in [0.15, 0.2) is 0 Å². The maximum atomic E-state index is 12.8. The van der Waals surface area contributed by atoms with Crippen molar-refractivity contribution < 1.29 is 18.0 Å². The van der Waals surface area contributed by atoms with E-state index in [0.717, 1.165) is 17.7 Å². The largest absolute Gasteiger partial charge is 0.416 e. The molecule has 2 N–H and O–H groups in total. The van der Waals surface area contributed by atoms with Crippen molar-refractivity contribution in [2.75, 3.05) is 10.6 Å². The number of aromatic nitrogens is 1. The number of hydrogen-bond acceptors (Lipinski definition) is 3. The molecule has 1 amide bonds. The van der Waals surface area contributed by atoms with Crippen molar-refractivity contribution >= 4 is 29.8 Å². The van der Waals surface area contributed by atoms with Gasteiger partial charge in [0.2, 0.25) is 0 Å². The minimum Gasteiger partial charge on any atom is -0.365 e. The molecule has 3 rings (SSSR count). The summed E-state index contributed by atoms with van der Waals surface area (Å²) < 4.78 is 38.5. The SMILES string of the molecule is Cl.O=C(Nc1cccc(C(F)(F)F)c1)c1cccnc1NCc1ccccc1. The molecule has 0 unspecified atom stereocenters. The number of hydrogen-bond donors (Lipinski definition) is 2. The van der Waals surface area contributed by atoms with Crippen LogP contribution in [0.4, 0.5) is 24.7 Å². The Hall–Kier alpha value is -3.06. The van der Waals surface area contributed by atoms with E-state index < -0.39 is 17.6 Å². The molecule has 0 bridgehead atoms. The average Bonchev–Trinajstić information content (AvgIpc) is 2.67. The number of anilines is 2. The van der Waals surface area contributed by atoms with E-state index in [-0.39, 0.29) is 23.7 Å². The van der Waals surface area contributed by atoms with Crippen LogP contribution in [0.3, 0.4) is 0 Å². The van der Waals surface area contributed by atoms with Crippen LogP contribution < -0.4 is 10.6 Å². The first kappa shape index (κ1) is 21.2. The van der Waals surface area contributed by atoms with E-state index in [2.05, 4.69) is 15.6 Å². The molecule has 4 nitrogen and oxygen atoms in total. The summed E-state index contributed by atoms with van der Waals surface area (Å²) in [6.07, 6.45) is -2.94. The number of carbonyl (C=O) groups excluding carboxylic acids is 1. The standard InChI is InChI=1S/C20H16F3N3O.ClH/c21-20(22,23)15-8-4-9-16(12-15)26-19(27)17-10-5-11-24-18(17)25-13-14-6-2-1-3-7-14;/h1-12H,13H2,(H,24,25)(H,26,27);1H. The highest BCUT2D eigenvalue weighted by atomic mass is 35.5. The molecule has 0 radical (unpaired) electrons. The van der Waals surface area contributed by atoms with Gasteiger partial charge in [-0.05, 0) is 35.9 Å². The summed E-state index contributed by atoms with van der Waals surface area (Å²) in [4.78, 5) is 16.7. The van der Waals surface area contributed by atoms with E-state index in [1.807, 2.05) is 30.3 Å². The number of amides is 1. The van der Waals surface area contributed by atoms with Crippen LogP contribution in [0.15, 0.2) is 72.9 Å². The van der Waals surface area contributed by atoms with Gasteiger partial charge >= 0.3 is 6.18 Å². The fraction of sp³-hybridized carbons (Fsp3) is 0.100. The summed E-state index contributed by atoms with van der Waals surface area (Å²) in [5, 5.41) is 5.57. The maximum absolute atomic E-state index is 12.8. The summed E-state index contributed by atoms with van der Waals surface area (Å²) in [6, 6.07) is 17.2. The molecule has 3 aromatic rings. The highest BCUT2D eigenvalue weighted by molar-refractivity contribution is 6.07. The molecular weight excluding hydrogens is 391 g/mol. The molecule has 0 saturated heterocycles. The van der Waals surface area contributed by atoms with Crippen LogP contribution in [0.2, 0.25) is 0 Å². The summed E-state index contributed by atoms with van der Waals surface area (Å²) in [6.45, 7) is 0.460. The lowest BCUT2D eigenvalue weighted by Gasteiger charge is -2.12. The smallest absolute Gasteiger partial charge is 0.365 e. The van der Waals surface area contributed by atoms with Gasteiger partial charge in [-0.1, -0.05) is 36.4 Å². The Morgan fingerprint density at radius 1 is 0.964 bits per heavy atom. The van der Waals surface area contributed by atoms with E-state index in [9.17, 15) is 18.0 Å². The molecular formula is C20H17ClF3N3O. The van der Waals surface area contributed by atoms with Gasteiger partial charge in [0.25, 0.3) is 5.91 Å². The molecule has 0 saturated carbocycles. The molecule has 1 aromatic heterocycles. The Kier molecular flexibility index (Phi) is 7.00. The summed E-state index contributed by atoms with van der Waals surface area (Å²) in [7, 11) is 0. The van der Waals surface area contributed by atoms with Crippen molar-refractivity contribution in [2.24, 2.45) is 0 Å². The Labute approximate surface area is 166 Å². The van der Waals surface area contributed by atoms with Crippen LogP contribution in [0.5, 0.6) is 0 Å². The summed E-state index contributed by atoms with van der Waals surface area (Å²) in [5.41, 5.74) is 0.486. The molecule has 146 valence electrons. The van der Waals surface area contributed by atoms with Crippen molar-refractivity contribution in [1.82, 2.24) is 4.98 Å². The number of pyridine rings is 1. The normalized spacial score (nSPS) is 10.7. The first-order valence-corrected chi connectivity index (χ1v) is 8.15. The fourth-order valence-electron chi connectivity index (χ4n) is 2.48. The molecule has 0 aliphatic heterocycles. The molecule has 28 heavy (non-hydrogen) atoms. The van der Waals surface area contributed by atoms with Crippen LogP contribution in [-0.2, 0) is 12.7 Å². The van der Waals surface area contributed by atoms with Crippen LogP contribution in [0, 0.1) is 0 Å². The second-order valence-corrected chi connectivity index (χ2v) is 5.77. The van der Waals surface area contributed by atoms with Crippen LogP contribution >= 0.6 is 12.4 Å². The highest BCUT2D eigenvalue weighted by Gasteiger charge is 2.30. The van der Waals surface area contributed by atoms with Crippen molar-refractivity contribution in [3.63, 3.8) is 0 Å². The predicted molar refractivity (Wildman–Crippen MR) is 105 cm³/mol. The summed E-state index contributed by atoms with van der Waals surface area (Å²) in [5.74, 6) is -0.191. The first-order valence-electron chi connectivity index (χ1n) is 8.15. The van der Waals surface area contributed by atoms with Crippen molar-refractivity contribution in [2.45, 2.75) is 12.7 Å². The Balaban J connectivity index is 0.00000280. The quantitative estimate of drug-likeness (QED) is 0.596. The number of nitrogens with zero attached hydrogens (tertiary/aromatic N) is 1. The molecule has 2 aromatic carbocycles. The van der Waals surface area contributed by atoms with E-state index in [4.69, 9.17) is 0 Å². The zero-order valence-electron chi connectivity index (χ0n) is 14.5. The molecule has 0 fully saturated rings. The second-order valence-electron chi connectivity index (χ2n) is 5.77. The van der Waals surface area contributed by atoms with Crippen LogP contribution in [0.25, 0.3) is 0 Å². The van der Waals surface area contributed by atoms with Gasteiger partial charge < -0.3 is 10.6 Å². The number of benzene rings is 2. The molecule has 8 heteroatoms. The minimum atomic E-state index is -4.47. The summed E-state index contributed by atoms with van der Waals surface area (Å²) >= 11 is 0. The third kappa shape index (κ3) is 5.47. The Morgan fingerprint density at radius 2 is 1.71 bits per heavy atom. The number of nitrogens with one attached hydrogen (secondary N) is 2. The van der Waals surface area contributed by atoms with E-state index >= 15 is 0 Å². The van der Waals surface area contributed by atoms with E-state index in [1.54, 1.807) is 12.1 Å².